The van der Waals surface area contributed by atoms with Crippen LogP contribution in [0.25, 0.3) is 0 Å². The molecule has 0 saturated carbocycles. The third kappa shape index (κ3) is 2.92. The van der Waals surface area contributed by atoms with E-state index in [2.05, 4.69) is 10.2 Å². The zero-order valence-corrected chi connectivity index (χ0v) is 8.44. The van der Waals surface area contributed by atoms with Crippen molar-refractivity contribution in [2.75, 3.05) is 6.54 Å². The number of H-pyrrole nitrogens is 1. The van der Waals surface area contributed by atoms with Gasteiger partial charge in [0.2, 0.25) is 10.0 Å². The van der Waals surface area contributed by atoms with E-state index in [0.29, 0.717) is 0 Å². The fraction of sp³-hybridized carbons (Fsp3) is 0.500. The number of alkyl halides is 4. The smallest absolute Gasteiger partial charge is 0.284 e. The molecule has 1 heterocycles. The van der Waals surface area contributed by atoms with E-state index in [1.807, 2.05) is 0 Å². The topological polar surface area (TPSA) is 74.8 Å². The highest BCUT2D eigenvalue weighted by Gasteiger charge is 2.41. The molecule has 2 N–H and O–H groups in total. The van der Waals surface area contributed by atoms with Crippen LogP contribution in [0.3, 0.4) is 0 Å². The third-order valence-corrected chi connectivity index (χ3v) is 2.97. The van der Waals surface area contributed by atoms with Gasteiger partial charge in [0.25, 0.3) is 0 Å². The summed E-state index contributed by atoms with van der Waals surface area (Å²) in [5, 5.41) is 5.44. The first kappa shape index (κ1) is 12.9. The van der Waals surface area contributed by atoms with Gasteiger partial charge in [-0.2, -0.15) is 13.9 Å². The standard InChI is InChI=1S/C6H7F4N3O2S/c7-5(8)6(9,10)3-13-16(14,15)4-1-11-12-2-4/h1-2,5,13H,3H2,(H,11,12). The molecular formula is C6H7F4N3O2S. The minimum Gasteiger partial charge on any atom is -0.284 e. The number of nitrogens with zero attached hydrogens (tertiary/aromatic N) is 1. The van der Waals surface area contributed by atoms with Crippen molar-refractivity contribution >= 4 is 10.0 Å². The van der Waals surface area contributed by atoms with Gasteiger partial charge in [0.15, 0.2) is 0 Å². The number of aromatic nitrogens is 2. The van der Waals surface area contributed by atoms with Gasteiger partial charge >= 0.3 is 12.3 Å². The van der Waals surface area contributed by atoms with Crippen molar-refractivity contribution in [2.45, 2.75) is 17.2 Å². The highest BCUT2D eigenvalue weighted by molar-refractivity contribution is 7.89. The Morgan fingerprint density at radius 1 is 1.50 bits per heavy atom. The largest absolute Gasteiger partial charge is 0.320 e. The molecular weight excluding hydrogens is 254 g/mol. The molecule has 0 aliphatic heterocycles. The summed E-state index contributed by atoms with van der Waals surface area (Å²) >= 11 is 0. The molecule has 0 spiro atoms. The highest BCUT2D eigenvalue weighted by atomic mass is 32.2. The quantitative estimate of drug-likeness (QED) is 0.762. The lowest BCUT2D eigenvalue weighted by Gasteiger charge is -2.15. The van der Waals surface area contributed by atoms with Crippen LogP contribution in [-0.2, 0) is 10.0 Å². The second-order valence-electron chi connectivity index (χ2n) is 2.82. The number of hydrogen-bond acceptors (Lipinski definition) is 3. The van der Waals surface area contributed by atoms with Crippen molar-refractivity contribution in [1.29, 1.82) is 0 Å². The van der Waals surface area contributed by atoms with E-state index < -0.39 is 33.8 Å². The zero-order valence-electron chi connectivity index (χ0n) is 7.62. The van der Waals surface area contributed by atoms with Gasteiger partial charge in [-0.15, -0.1) is 0 Å². The minimum absolute atomic E-state index is 0.405. The van der Waals surface area contributed by atoms with E-state index >= 15 is 0 Å². The maximum absolute atomic E-state index is 12.4. The molecule has 1 rings (SSSR count). The van der Waals surface area contributed by atoms with Crippen molar-refractivity contribution in [3.63, 3.8) is 0 Å². The van der Waals surface area contributed by atoms with Gasteiger partial charge in [-0.25, -0.2) is 21.9 Å². The third-order valence-electron chi connectivity index (χ3n) is 1.60. The molecule has 0 saturated heterocycles. The average molecular weight is 261 g/mol. The molecule has 0 aliphatic carbocycles. The number of nitrogens with one attached hydrogen (secondary N) is 2. The second kappa shape index (κ2) is 4.37. The maximum Gasteiger partial charge on any atom is 0.320 e. The number of halogens is 4. The first-order chi connectivity index (χ1) is 7.26. The van der Waals surface area contributed by atoms with Gasteiger partial charge in [0.1, 0.15) is 4.90 Å². The molecule has 0 fully saturated rings. The minimum atomic E-state index is -4.41. The maximum atomic E-state index is 12.4. The lowest BCUT2D eigenvalue weighted by atomic mass is 10.4. The fourth-order valence-corrected chi connectivity index (χ4v) is 1.69. The number of sulfonamides is 1. The average Bonchev–Trinajstić information content (AvgIpc) is 2.68. The van der Waals surface area contributed by atoms with Gasteiger partial charge in [0.05, 0.1) is 12.7 Å². The molecule has 1 aromatic rings. The summed E-state index contributed by atoms with van der Waals surface area (Å²) in [5.41, 5.74) is 0. The lowest BCUT2D eigenvalue weighted by molar-refractivity contribution is -0.122. The summed E-state index contributed by atoms with van der Waals surface area (Å²) in [4.78, 5) is -0.405. The molecule has 0 aromatic carbocycles. The van der Waals surface area contributed by atoms with Gasteiger partial charge in [-0.3, -0.25) is 5.10 Å². The Bertz CT molecular complexity index is 431. The highest BCUT2D eigenvalue weighted by Crippen LogP contribution is 2.22. The van der Waals surface area contributed by atoms with Crippen LogP contribution in [0, 0.1) is 0 Å². The van der Waals surface area contributed by atoms with Crippen LogP contribution >= 0.6 is 0 Å². The monoisotopic (exact) mass is 261 g/mol. The molecule has 92 valence electrons. The summed E-state index contributed by atoms with van der Waals surface area (Å²) in [5.74, 6) is -4.41. The fourth-order valence-electron chi connectivity index (χ4n) is 0.738. The predicted molar refractivity (Wildman–Crippen MR) is 44.7 cm³/mol. The van der Waals surface area contributed by atoms with E-state index in [4.69, 9.17) is 0 Å². The van der Waals surface area contributed by atoms with Crippen molar-refractivity contribution < 1.29 is 26.0 Å². The van der Waals surface area contributed by atoms with Crippen LogP contribution in [-0.4, -0.2) is 37.5 Å². The predicted octanol–water partition coefficient (Wildman–Crippen LogP) is 0.588. The van der Waals surface area contributed by atoms with Crippen LogP contribution in [0.5, 0.6) is 0 Å². The first-order valence-electron chi connectivity index (χ1n) is 3.90. The SMILES string of the molecule is O=S(=O)(NCC(F)(F)C(F)F)c1cn[nH]c1. The van der Waals surface area contributed by atoms with E-state index in [1.54, 1.807) is 0 Å². The van der Waals surface area contributed by atoms with Crippen LogP contribution < -0.4 is 4.72 Å². The number of aromatic amines is 1. The van der Waals surface area contributed by atoms with Crippen LogP contribution in [0.2, 0.25) is 0 Å². The number of hydrogen-bond donors (Lipinski definition) is 2. The Labute approximate surface area is 87.9 Å². The number of rotatable bonds is 5. The molecule has 0 radical (unpaired) electrons. The Morgan fingerprint density at radius 2 is 2.12 bits per heavy atom. The summed E-state index contributed by atoms with van der Waals surface area (Å²) in [7, 11) is -4.24. The van der Waals surface area contributed by atoms with Gasteiger partial charge in [-0.1, -0.05) is 0 Å². The van der Waals surface area contributed by atoms with Crippen LogP contribution in [0.4, 0.5) is 17.6 Å². The van der Waals surface area contributed by atoms with Crippen molar-refractivity contribution in [2.24, 2.45) is 0 Å². The second-order valence-corrected chi connectivity index (χ2v) is 4.59. The van der Waals surface area contributed by atoms with E-state index in [0.717, 1.165) is 12.4 Å². The molecule has 0 bridgehead atoms. The van der Waals surface area contributed by atoms with Crippen molar-refractivity contribution in [1.82, 2.24) is 14.9 Å². The Kier molecular flexibility index (Phi) is 3.53. The molecule has 5 nitrogen and oxygen atoms in total. The summed E-state index contributed by atoms with van der Waals surface area (Å²) in [6.45, 7) is -1.67. The molecule has 1 aromatic heterocycles. The van der Waals surface area contributed by atoms with Gasteiger partial charge in [0, 0.05) is 6.20 Å². The first-order valence-corrected chi connectivity index (χ1v) is 5.38. The van der Waals surface area contributed by atoms with E-state index in [1.165, 1.54) is 4.72 Å². The molecule has 0 unspecified atom stereocenters. The van der Waals surface area contributed by atoms with Crippen LogP contribution in [0.15, 0.2) is 17.3 Å². The van der Waals surface area contributed by atoms with E-state index in [9.17, 15) is 26.0 Å². The molecule has 0 atom stereocenters. The molecule has 0 amide bonds. The van der Waals surface area contributed by atoms with Gasteiger partial charge < -0.3 is 0 Å². The van der Waals surface area contributed by atoms with Gasteiger partial charge in [-0.05, 0) is 0 Å². The Morgan fingerprint density at radius 3 is 2.56 bits per heavy atom. The van der Waals surface area contributed by atoms with Crippen molar-refractivity contribution in [3.8, 4) is 0 Å². The Hall–Kier alpha value is -1.16. The van der Waals surface area contributed by atoms with Crippen molar-refractivity contribution in [3.05, 3.63) is 12.4 Å². The van der Waals surface area contributed by atoms with E-state index in [-0.39, 0.29) is 0 Å². The summed E-state index contributed by atoms with van der Waals surface area (Å²) in [6.07, 6.45) is -2.13. The summed E-state index contributed by atoms with van der Waals surface area (Å²) < 4.78 is 72.1. The Balaban J connectivity index is 2.70. The zero-order chi connectivity index (χ0) is 12.4. The summed E-state index contributed by atoms with van der Waals surface area (Å²) in [6, 6.07) is 0. The molecule has 16 heavy (non-hydrogen) atoms. The van der Waals surface area contributed by atoms with Crippen LogP contribution in [0.1, 0.15) is 0 Å². The normalized spacial score (nSPS) is 13.3. The lowest BCUT2D eigenvalue weighted by Crippen LogP contribution is -2.41. The molecule has 10 heteroatoms. The molecule has 0 aliphatic rings.